The fourth-order valence-corrected chi connectivity index (χ4v) is 5.35. The van der Waals surface area contributed by atoms with Crippen molar-refractivity contribution < 1.29 is 12.9 Å². The Kier molecular flexibility index (Phi) is 3.91. The molecule has 5 nitrogen and oxygen atoms in total. The first-order valence-corrected chi connectivity index (χ1v) is 9.78. The largest absolute Gasteiger partial charge is 0.336 e. The molecule has 0 unspecified atom stereocenters. The van der Waals surface area contributed by atoms with Crippen molar-refractivity contribution >= 4 is 54.5 Å². The zero-order valence-electron chi connectivity index (χ0n) is 10.7. The lowest BCUT2D eigenvalue weighted by Gasteiger charge is -2.05. The summed E-state index contributed by atoms with van der Waals surface area (Å²) in [5.41, 5.74) is 1.27. The minimum atomic E-state index is -3.72. The molecule has 0 aliphatic carbocycles. The van der Waals surface area contributed by atoms with E-state index in [4.69, 9.17) is 4.52 Å². The molecule has 3 aromatic heterocycles. The van der Waals surface area contributed by atoms with E-state index in [9.17, 15) is 8.42 Å². The van der Waals surface area contributed by atoms with Crippen molar-refractivity contribution in [3.8, 4) is 10.4 Å². The molecular weight excluding hydrogens is 396 g/mol. The molecule has 0 saturated carbocycles. The summed E-state index contributed by atoms with van der Waals surface area (Å²) in [6, 6.07) is 5.57. The van der Waals surface area contributed by atoms with Crippen molar-refractivity contribution in [3.05, 3.63) is 39.1 Å². The Labute approximate surface area is 137 Å². The summed E-state index contributed by atoms with van der Waals surface area (Å²) in [4.78, 5) is 0.907. The van der Waals surface area contributed by atoms with Crippen molar-refractivity contribution in [2.75, 3.05) is 4.72 Å². The second-order valence-electron chi connectivity index (χ2n) is 4.12. The van der Waals surface area contributed by atoms with Crippen molar-refractivity contribution in [2.45, 2.75) is 11.1 Å². The number of nitrogens with zero attached hydrogens (tertiary/aromatic N) is 1. The summed E-state index contributed by atoms with van der Waals surface area (Å²) >= 11 is 5.90. The van der Waals surface area contributed by atoms with Gasteiger partial charge in [0.05, 0.1) is 5.69 Å². The van der Waals surface area contributed by atoms with Crippen LogP contribution >= 0.6 is 38.6 Å². The number of aromatic nitrogens is 1. The topological polar surface area (TPSA) is 72.2 Å². The minimum Gasteiger partial charge on any atom is -0.336 e. The van der Waals surface area contributed by atoms with Crippen LogP contribution in [0.5, 0.6) is 0 Å². The van der Waals surface area contributed by atoms with E-state index in [2.05, 4.69) is 25.8 Å². The van der Waals surface area contributed by atoms with E-state index in [1.54, 1.807) is 18.4 Å². The SMILES string of the molecule is Cc1noc(NS(=O)(=O)c2sccc2-c2cccs2)c1Br. The predicted octanol–water partition coefficient (Wildman–Crippen LogP) is 4.34. The van der Waals surface area contributed by atoms with Crippen molar-refractivity contribution in [1.82, 2.24) is 5.16 Å². The number of anilines is 1. The third-order valence-electron chi connectivity index (χ3n) is 2.68. The average molecular weight is 405 g/mol. The first kappa shape index (κ1) is 14.8. The highest BCUT2D eigenvalue weighted by molar-refractivity contribution is 9.10. The monoisotopic (exact) mass is 404 g/mol. The van der Waals surface area contributed by atoms with Gasteiger partial charge < -0.3 is 4.52 Å². The lowest BCUT2D eigenvalue weighted by Crippen LogP contribution is -2.12. The van der Waals surface area contributed by atoms with Crippen LogP contribution in [0.1, 0.15) is 5.69 Å². The molecule has 0 spiro atoms. The number of hydrogen-bond acceptors (Lipinski definition) is 6. The Bertz CT molecular complexity index is 866. The summed E-state index contributed by atoms with van der Waals surface area (Å²) < 4.78 is 33.2. The van der Waals surface area contributed by atoms with Gasteiger partial charge in [0, 0.05) is 10.4 Å². The summed E-state index contributed by atoms with van der Waals surface area (Å²) in [5, 5.41) is 7.37. The Hall–Kier alpha value is -1.16. The van der Waals surface area contributed by atoms with Gasteiger partial charge in [-0.2, -0.15) is 0 Å². The van der Waals surface area contributed by atoms with Crippen LogP contribution in [0.2, 0.25) is 0 Å². The Balaban J connectivity index is 2.00. The van der Waals surface area contributed by atoms with Gasteiger partial charge in [-0.3, -0.25) is 0 Å². The fourth-order valence-electron chi connectivity index (χ4n) is 1.71. The molecule has 0 bridgehead atoms. The molecule has 0 fully saturated rings. The van der Waals surface area contributed by atoms with Gasteiger partial charge in [-0.15, -0.1) is 22.7 Å². The van der Waals surface area contributed by atoms with Crippen molar-refractivity contribution in [1.29, 1.82) is 0 Å². The zero-order chi connectivity index (χ0) is 15.0. The van der Waals surface area contributed by atoms with Crippen LogP contribution in [0, 0.1) is 6.92 Å². The van der Waals surface area contributed by atoms with Crippen LogP contribution < -0.4 is 4.72 Å². The summed E-state index contributed by atoms with van der Waals surface area (Å²) in [7, 11) is -3.72. The average Bonchev–Trinajstić information content (AvgIpc) is 3.14. The molecule has 0 aromatic carbocycles. The smallest absolute Gasteiger partial charge is 0.274 e. The van der Waals surface area contributed by atoms with Crippen LogP contribution in [0.15, 0.2) is 42.2 Å². The third-order valence-corrected chi connectivity index (χ3v) is 7.33. The molecule has 0 radical (unpaired) electrons. The number of sulfonamides is 1. The lowest BCUT2D eigenvalue weighted by molar-refractivity contribution is 0.430. The molecular formula is C12H9BrN2O3S3. The standard InChI is InChI=1S/C12H9BrN2O3S3/c1-7-10(13)11(18-14-7)15-21(16,17)12-8(4-6-20-12)9-3-2-5-19-9/h2-6,15H,1H3. The van der Waals surface area contributed by atoms with E-state index < -0.39 is 10.0 Å². The molecule has 21 heavy (non-hydrogen) atoms. The molecule has 3 heterocycles. The number of halogens is 1. The Morgan fingerprint density at radius 2 is 2.10 bits per heavy atom. The second-order valence-corrected chi connectivity index (χ2v) is 8.65. The minimum absolute atomic E-state index is 0.0815. The molecule has 3 aromatic rings. The van der Waals surface area contributed by atoms with Gasteiger partial charge in [0.1, 0.15) is 8.68 Å². The number of nitrogens with one attached hydrogen (secondary N) is 1. The highest BCUT2D eigenvalue weighted by atomic mass is 79.9. The van der Waals surface area contributed by atoms with Crippen LogP contribution in [-0.4, -0.2) is 13.6 Å². The predicted molar refractivity (Wildman–Crippen MR) is 87.4 cm³/mol. The van der Waals surface area contributed by atoms with E-state index in [0.29, 0.717) is 15.7 Å². The number of rotatable bonds is 4. The molecule has 0 saturated heterocycles. The van der Waals surface area contributed by atoms with Gasteiger partial charge in [-0.05, 0) is 45.7 Å². The van der Waals surface area contributed by atoms with Gasteiger partial charge in [-0.1, -0.05) is 11.2 Å². The van der Waals surface area contributed by atoms with Crippen LogP contribution in [0.3, 0.4) is 0 Å². The van der Waals surface area contributed by atoms with Gasteiger partial charge in [0.2, 0.25) is 0 Å². The normalized spacial score (nSPS) is 11.7. The molecule has 0 aliphatic rings. The second kappa shape index (κ2) is 5.56. The molecule has 0 aliphatic heterocycles. The van der Waals surface area contributed by atoms with Crippen molar-refractivity contribution in [3.63, 3.8) is 0 Å². The number of hydrogen-bond donors (Lipinski definition) is 1. The number of aryl methyl sites for hydroxylation is 1. The molecule has 0 amide bonds. The molecule has 110 valence electrons. The maximum absolute atomic E-state index is 12.5. The van der Waals surface area contributed by atoms with E-state index in [1.165, 1.54) is 22.7 Å². The Morgan fingerprint density at radius 1 is 1.29 bits per heavy atom. The van der Waals surface area contributed by atoms with E-state index in [0.717, 1.165) is 4.88 Å². The van der Waals surface area contributed by atoms with Crippen LogP contribution in [0.4, 0.5) is 5.88 Å². The van der Waals surface area contributed by atoms with Gasteiger partial charge in [0.25, 0.3) is 15.9 Å². The maximum Gasteiger partial charge on any atom is 0.274 e. The summed E-state index contributed by atoms with van der Waals surface area (Å²) in [6.07, 6.45) is 0. The maximum atomic E-state index is 12.5. The first-order valence-electron chi connectivity index (χ1n) is 5.75. The molecule has 3 rings (SSSR count). The van der Waals surface area contributed by atoms with Gasteiger partial charge in [0.15, 0.2) is 0 Å². The summed E-state index contributed by atoms with van der Waals surface area (Å²) in [6.45, 7) is 1.72. The molecule has 1 N–H and O–H groups in total. The zero-order valence-corrected chi connectivity index (χ0v) is 14.7. The highest BCUT2D eigenvalue weighted by Crippen LogP contribution is 2.36. The quantitative estimate of drug-likeness (QED) is 0.701. The molecule has 9 heteroatoms. The lowest BCUT2D eigenvalue weighted by atomic mass is 10.3. The van der Waals surface area contributed by atoms with Gasteiger partial charge >= 0.3 is 0 Å². The van der Waals surface area contributed by atoms with Crippen LogP contribution in [0.25, 0.3) is 10.4 Å². The van der Waals surface area contributed by atoms with E-state index in [-0.39, 0.29) is 10.1 Å². The fraction of sp³-hybridized carbons (Fsp3) is 0.0833. The third kappa shape index (κ3) is 2.78. The van der Waals surface area contributed by atoms with E-state index >= 15 is 0 Å². The van der Waals surface area contributed by atoms with E-state index in [1.807, 2.05) is 17.5 Å². The van der Waals surface area contributed by atoms with Crippen LogP contribution in [-0.2, 0) is 10.0 Å². The molecule has 0 atom stereocenters. The number of thiophene rings is 2. The van der Waals surface area contributed by atoms with Crippen molar-refractivity contribution in [2.24, 2.45) is 0 Å². The summed E-state index contributed by atoms with van der Waals surface area (Å²) in [5.74, 6) is 0.0815. The Morgan fingerprint density at radius 3 is 2.71 bits per heavy atom. The highest BCUT2D eigenvalue weighted by Gasteiger charge is 2.24. The first-order chi connectivity index (χ1) is 9.99. The van der Waals surface area contributed by atoms with Gasteiger partial charge in [-0.25, -0.2) is 13.1 Å².